The number of piperazine rings is 1. The fourth-order valence-corrected chi connectivity index (χ4v) is 3.24. The Hall–Kier alpha value is -3.29. The van der Waals surface area contributed by atoms with Crippen LogP contribution in [-0.4, -0.2) is 48.8 Å². The molecule has 0 atom stereocenters. The molecule has 2 aromatic rings. The predicted octanol–water partition coefficient (Wildman–Crippen LogP) is 4.84. The van der Waals surface area contributed by atoms with Gasteiger partial charge in [-0.05, 0) is 69.7 Å². The van der Waals surface area contributed by atoms with Gasteiger partial charge in [-0.2, -0.15) is 0 Å². The first-order valence-corrected chi connectivity index (χ1v) is 10.3. The topological polar surface area (TPSA) is 73.9 Å². The molecule has 1 aliphatic rings. The summed E-state index contributed by atoms with van der Waals surface area (Å²) in [7, 11) is 0. The van der Waals surface area contributed by atoms with Crippen LogP contribution in [0.25, 0.3) is 0 Å². The van der Waals surface area contributed by atoms with Crippen LogP contribution in [0.3, 0.4) is 0 Å². The molecular weight excluding hydrogens is 399 g/mol. The molecule has 2 aromatic carbocycles. The second-order valence-electron chi connectivity index (χ2n) is 8.54. The lowest BCUT2D eigenvalue weighted by molar-refractivity contribution is 0.0240. The van der Waals surface area contributed by atoms with Crippen molar-refractivity contribution in [2.24, 2.45) is 0 Å². The zero-order valence-corrected chi connectivity index (χ0v) is 18.4. The maximum Gasteiger partial charge on any atom is 0.410 e. The molecule has 8 heteroatoms. The number of halogens is 1. The minimum Gasteiger partial charge on any atom is -0.444 e. The molecule has 1 saturated heterocycles. The second kappa shape index (κ2) is 9.24. The van der Waals surface area contributed by atoms with Crippen LogP contribution in [0, 0.1) is 12.7 Å². The van der Waals surface area contributed by atoms with E-state index in [1.807, 2.05) is 45.0 Å². The summed E-state index contributed by atoms with van der Waals surface area (Å²) in [5.74, 6) is -0.406. The normalized spacial score (nSPS) is 14.2. The Bertz CT molecular complexity index is 933. The number of hydrogen-bond donors (Lipinski definition) is 2. The average molecular weight is 429 g/mol. The zero-order chi connectivity index (χ0) is 22.6. The van der Waals surface area contributed by atoms with Crippen molar-refractivity contribution in [2.45, 2.75) is 33.3 Å². The summed E-state index contributed by atoms with van der Waals surface area (Å²) in [4.78, 5) is 28.3. The molecule has 3 amide bonds. The van der Waals surface area contributed by atoms with E-state index in [1.54, 1.807) is 17.9 Å². The van der Waals surface area contributed by atoms with Gasteiger partial charge in [-0.15, -0.1) is 0 Å². The fourth-order valence-electron chi connectivity index (χ4n) is 3.24. The number of urea groups is 1. The number of hydrogen-bond acceptors (Lipinski definition) is 4. The summed E-state index contributed by atoms with van der Waals surface area (Å²) in [5.41, 5.74) is 2.34. The number of rotatable bonds is 3. The van der Waals surface area contributed by atoms with Crippen molar-refractivity contribution >= 4 is 29.2 Å². The number of carbonyl (C=O) groups is 2. The van der Waals surface area contributed by atoms with Crippen LogP contribution in [0.4, 0.5) is 31.0 Å². The van der Waals surface area contributed by atoms with Crippen molar-refractivity contribution in [3.05, 3.63) is 53.8 Å². The van der Waals surface area contributed by atoms with Gasteiger partial charge in [0.1, 0.15) is 11.4 Å². The van der Waals surface area contributed by atoms with Gasteiger partial charge in [0.25, 0.3) is 0 Å². The van der Waals surface area contributed by atoms with Gasteiger partial charge in [-0.1, -0.05) is 6.07 Å². The molecular formula is C23H29FN4O3. The SMILES string of the molecule is Cc1ccc(F)cc1NC(=O)Nc1ccc(N2CCN(C(=O)OC(C)(C)C)CC2)cc1. The van der Waals surface area contributed by atoms with Crippen LogP contribution in [0.1, 0.15) is 26.3 Å². The highest BCUT2D eigenvalue weighted by Gasteiger charge is 2.25. The number of anilines is 3. The number of nitrogens with one attached hydrogen (secondary N) is 2. The quantitative estimate of drug-likeness (QED) is 0.734. The monoisotopic (exact) mass is 428 g/mol. The maximum atomic E-state index is 13.4. The number of ether oxygens (including phenoxy) is 1. The van der Waals surface area contributed by atoms with Gasteiger partial charge in [0.05, 0.1) is 0 Å². The first-order valence-electron chi connectivity index (χ1n) is 10.3. The van der Waals surface area contributed by atoms with Crippen LogP contribution >= 0.6 is 0 Å². The zero-order valence-electron chi connectivity index (χ0n) is 18.4. The Morgan fingerprint density at radius 2 is 1.61 bits per heavy atom. The Labute approximate surface area is 182 Å². The van der Waals surface area contributed by atoms with Gasteiger partial charge in [0, 0.05) is 43.2 Å². The molecule has 0 aliphatic carbocycles. The van der Waals surface area contributed by atoms with E-state index >= 15 is 0 Å². The first-order chi connectivity index (χ1) is 14.6. The van der Waals surface area contributed by atoms with Gasteiger partial charge in [0.15, 0.2) is 0 Å². The van der Waals surface area contributed by atoms with Crippen molar-refractivity contribution in [3.8, 4) is 0 Å². The van der Waals surface area contributed by atoms with Crippen LogP contribution in [0.2, 0.25) is 0 Å². The van der Waals surface area contributed by atoms with Gasteiger partial charge in [-0.25, -0.2) is 14.0 Å². The summed E-state index contributed by atoms with van der Waals surface area (Å²) < 4.78 is 18.8. The number of benzene rings is 2. The summed E-state index contributed by atoms with van der Waals surface area (Å²) >= 11 is 0. The molecule has 166 valence electrons. The lowest BCUT2D eigenvalue weighted by Crippen LogP contribution is -2.50. The second-order valence-corrected chi connectivity index (χ2v) is 8.54. The van der Waals surface area contributed by atoms with Crippen molar-refractivity contribution in [1.29, 1.82) is 0 Å². The van der Waals surface area contributed by atoms with Crippen molar-refractivity contribution < 1.29 is 18.7 Å². The fraction of sp³-hybridized carbons (Fsp3) is 0.391. The molecule has 0 saturated carbocycles. The number of nitrogens with zero attached hydrogens (tertiary/aromatic N) is 2. The highest BCUT2D eigenvalue weighted by Crippen LogP contribution is 2.21. The van der Waals surface area contributed by atoms with Crippen LogP contribution in [-0.2, 0) is 4.74 Å². The molecule has 0 bridgehead atoms. The summed E-state index contributed by atoms with van der Waals surface area (Å²) in [5, 5.41) is 5.41. The van der Waals surface area contributed by atoms with E-state index in [9.17, 15) is 14.0 Å². The molecule has 7 nitrogen and oxygen atoms in total. The summed E-state index contributed by atoms with van der Waals surface area (Å²) in [6, 6.07) is 11.3. The van der Waals surface area contributed by atoms with E-state index in [0.717, 1.165) is 11.3 Å². The number of carbonyl (C=O) groups excluding carboxylic acids is 2. The van der Waals surface area contributed by atoms with Crippen LogP contribution in [0.15, 0.2) is 42.5 Å². The minimum atomic E-state index is -0.503. The lowest BCUT2D eigenvalue weighted by atomic mass is 10.2. The minimum absolute atomic E-state index is 0.286. The van der Waals surface area contributed by atoms with Gasteiger partial charge < -0.3 is 25.2 Å². The molecule has 0 spiro atoms. The van der Waals surface area contributed by atoms with Gasteiger partial charge in [-0.3, -0.25) is 0 Å². The third-order valence-electron chi connectivity index (χ3n) is 4.87. The largest absolute Gasteiger partial charge is 0.444 e. The Kier molecular flexibility index (Phi) is 6.68. The summed E-state index contributed by atoms with van der Waals surface area (Å²) in [6.07, 6.45) is -0.286. The highest BCUT2D eigenvalue weighted by molar-refractivity contribution is 6.00. The lowest BCUT2D eigenvalue weighted by Gasteiger charge is -2.36. The Balaban J connectivity index is 1.52. The molecule has 1 fully saturated rings. The molecule has 3 rings (SSSR count). The van der Waals surface area contributed by atoms with Crippen molar-refractivity contribution in [2.75, 3.05) is 41.7 Å². The molecule has 1 aliphatic heterocycles. The third kappa shape index (κ3) is 6.34. The third-order valence-corrected chi connectivity index (χ3v) is 4.87. The van der Waals surface area contributed by atoms with E-state index in [0.29, 0.717) is 37.6 Å². The van der Waals surface area contributed by atoms with Crippen LogP contribution < -0.4 is 15.5 Å². The molecule has 31 heavy (non-hydrogen) atoms. The molecule has 0 aromatic heterocycles. The Morgan fingerprint density at radius 3 is 2.23 bits per heavy atom. The molecule has 2 N–H and O–H groups in total. The summed E-state index contributed by atoms with van der Waals surface area (Å²) in [6.45, 7) is 9.95. The maximum absolute atomic E-state index is 13.4. The van der Waals surface area contributed by atoms with E-state index in [2.05, 4.69) is 15.5 Å². The van der Waals surface area contributed by atoms with E-state index in [1.165, 1.54) is 12.1 Å². The number of amides is 3. The number of aryl methyl sites for hydroxylation is 1. The average Bonchev–Trinajstić information content (AvgIpc) is 2.70. The van der Waals surface area contributed by atoms with E-state index < -0.39 is 17.4 Å². The van der Waals surface area contributed by atoms with Crippen LogP contribution in [0.5, 0.6) is 0 Å². The predicted molar refractivity (Wildman–Crippen MR) is 120 cm³/mol. The van der Waals surface area contributed by atoms with Gasteiger partial charge in [0.2, 0.25) is 0 Å². The van der Waals surface area contributed by atoms with E-state index in [4.69, 9.17) is 4.74 Å². The van der Waals surface area contributed by atoms with Crippen molar-refractivity contribution in [3.63, 3.8) is 0 Å². The molecule has 1 heterocycles. The standard InChI is InChI=1S/C23H29FN4O3/c1-16-5-6-17(24)15-20(16)26-21(29)25-18-7-9-19(10-8-18)27-11-13-28(14-12-27)22(30)31-23(2,3)4/h5-10,15H,11-14H2,1-4H3,(H2,25,26,29). The smallest absolute Gasteiger partial charge is 0.410 e. The van der Waals surface area contributed by atoms with E-state index in [-0.39, 0.29) is 6.09 Å². The molecule has 0 unspecified atom stereocenters. The molecule has 0 radical (unpaired) electrons. The van der Waals surface area contributed by atoms with Gasteiger partial charge >= 0.3 is 12.1 Å². The Morgan fingerprint density at radius 1 is 0.968 bits per heavy atom. The first kappa shape index (κ1) is 22.4. The van der Waals surface area contributed by atoms with Crippen molar-refractivity contribution in [1.82, 2.24) is 4.90 Å². The highest BCUT2D eigenvalue weighted by atomic mass is 19.1.